The van der Waals surface area contributed by atoms with Crippen molar-refractivity contribution in [2.24, 2.45) is 0 Å². The molecule has 0 fully saturated rings. The van der Waals surface area contributed by atoms with Crippen molar-refractivity contribution in [2.45, 2.75) is 20.3 Å². The molecule has 31 heavy (non-hydrogen) atoms. The van der Waals surface area contributed by atoms with Crippen LogP contribution in [0.4, 0.5) is 15.1 Å². The fraction of sp³-hybridized carbons (Fsp3) is 0.174. The molecule has 0 aliphatic carbocycles. The van der Waals surface area contributed by atoms with Crippen LogP contribution < -0.4 is 10.6 Å². The molecule has 2 amide bonds. The maximum atomic E-state index is 13.9. The Morgan fingerprint density at radius 1 is 1.00 bits per heavy atom. The van der Waals surface area contributed by atoms with E-state index in [1.165, 1.54) is 18.2 Å². The summed E-state index contributed by atoms with van der Waals surface area (Å²) in [6.45, 7) is 3.40. The van der Waals surface area contributed by atoms with Gasteiger partial charge >= 0.3 is 5.97 Å². The zero-order valence-electron chi connectivity index (χ0n) is 17.0. The fourth-order valence-corrected chi connectivity index (χ4v) is 4.07. The topological polar surface area (TPSA) is 84.5 Å². The smallest absolute Gasteiger partial charge is 0.341 e. The number of amides is 2. The molecule has 0 unspecified atom stereocenters. The van der Waals surface area contributed by atoms with Gasteiger partial charge in [0.2, 0.25) is 5.91 Å². The zero-order valence-corrected chi connectivity index (χ0v) is 17.8. The van der Waals surface area contributed by atoms with Gasteiger partial charge in [-0.25, -0.2) is 9.18 Å². The molecule has 1 heterocycles. The second-order valence-electron chi connectivity index (χ2n) is 6.63. The number of nitrogens with one attached hydrogen (secondary N) is 2. The first-order chi connectivity index (χ1) is 14.9. The molecule has 8 heteroatoms. The molecule has 1 aromatic heterocycles. The van der Waals surface area contributed by atoms with Crippen molar-refractivity contribution < 1.29 is 23.5 Å². The van der Waals surface area contributed by atoms with Crippen molar-refractivity contribution in [2.75, 3.05) is 17.2 Å². The predicted molar refractivity (Wildman–Crippen MR) is 118 cm³/mol. The number of carbonyl (C=O) groups excluding carboxylic acids is 3. The Hall–Kier alpha value is -3.52. The number of esters is 1. The third-order valence-corrected chi connectivity index (χ3v) is 5.62. The number of para-hydroxylation sites is 1. The van der Waals surface area contributed by atoms with Crippen LogP contribution in [-0.2, 0) is 16.0 Å². The van der Waals surface area contributed by atoms with E-state index in [-0.39, 0.29) is 40.1 Å². The molecule has 0 radical (unpaired) electrons. The Labute approximate surface area is 183 Å². The monoisotopic (exact) mass is 440 g/mol. The van der Waals surface area contributed by atoms with Crippen molar-refractivity contribution >= 4 is 39.8 Å². The lowest BCUT2D eigenvalue weighted by Crippen LogP contribution is -2.16. The summed E-state index contributed by atoms with van der Waals surface area (Å²) in [4.78, 5) is 38.0. The fourth-order valence-electron chi connectivity index (χ4n) is 2.96. The third kappa shape index (κ3) is 5.35. The molecule has 0 spiro atoms. The molecule has 3 rings (SSSR count). The number of rotatable bonds is 7. The Balaban J connectivity index is 1.89. The molecule has 0 aliphatic rings. The van der Waals surface area contributed by atoms with Gasteiger partial charge in [-0.2, -0.15) is 0 Å². The van der Waals surface area contributed by atoms with Gasteiger partial charge in [0.1, 0.15) is 10.8 Å². The van der Waals surface area contributed by atoms with Crippen molar-refractivity contribution in [3.05, 3.63) is 82.0 Å². The first-order valence-corrected chi connectivity index (χ1v) is 10.4. The van der Waals surface area contributed by atoms with Crippen molar-refractivity contribution in [3.8, 4) is 0 Å². The van der Waals surface area contributed by atoms with E-state index in [1.54, 1.807) is 19.9 Å². The summed E-state index contributed by atoms with van der Waals surface area (Å²) in [5, 5.41) is 5.44. The van der Waals surface area contributed by atoms with Crippen molar-refractivity contribution in [3.63, 3.8) is 0 Å². The van der Waals surface area contributed by atoms with Gasteiger partial charge in [-0.15, -0.1) is 11.3 Å². The van der Waals surface area contributed by atoms with Crippen LogP contribution in [0.5, 0.6) is 0 Å². The molecule has 2 N–H and O–H groups in total. The highest BCUT2D eigenvalue weighted by Crippen LogP contribution is 2.34. The summed E-state index contributed by atoms with van der Waals surface area (Å²) in [6, 6.07) is 14.9. The number of anilines is 2. The summed E-state index contributed by atoms with van der Waals surface area (Å²) >= 11 is 0.945. The highest BCUT2D eigenvalue weighted by atomic mass is 32.1. The third-order valence-electron chi connectivity index (χ3n) is 4.42. The van der Waals surface area contributed by atoms with Crippen LogP contribution in [0.2, 0.25) is 0 Å². The minimum absolute atomic E-state index is 0.0210. The number of hydrogen-bond acceptors (Lipinski definition) is 5. The maximum absolute atomic E-state index is 13.9. The molecule has 160 valence electrons. The van der Waals surface area contributed by atoms with E-state index in [4.69, 9.17) is 4.74 Å². The van der Waals surface area contributed by atoms with E-state index in [0.717, 1.165) is 16.9 Å². The SMILES string of the molecule is CCOC(=O)c1c(NC(=O)Cc2ccccc2)sc(C(=O)Nc2ccccc2F)c1C. The van der Waals surface area contributed by atoms with E-state index in [1.807, 2.05) is 30.3 Å². The van der Waals surface area contributed by atoms with Crippen LogP contribution in [0.3, 0.4) is 0 Å². The minimum atomic E-state index is -0.642. The van der Waals surface area contributed by atoms with Gasteiger partial charge in [0, 0.05) is 0 Å². The second-order valence-corrected chi connectivity index (χ2v) is 7.65. The summed E-state index contributed by atoms with van der Waals surface area (Å²) in [7, 11) is 0. The van der Waals surface area contributed by atoms with Crippen LogP contribution in [0.15, 0.2) is 54.6 Å². The summed E-state index contributed by atoms with van der Waals surface area (Å²) < 4.78 is 19.0. The van der Waals surface area contributed by atoms with Gasteiger partial charge in [-0.3, -0.25) is 9.59 Å². The molecule has 0 bridgehead atoms. The quantitative estimate of drug-likeness (QED) is 0.517. The largest absolute Gasteiger partial charge is 0.462 e. The molecule has 0 saturated carbocycles. The molecular formula is C23H21FN2O4S. The molecule has 0 aliphatic heterocycles. The van der Waals surface area contributed by atoms with E-state index in [0.29, 0.717) is 5.56 Å². The lowest BCUT2D eigenvalue weighted by molar-refractivity contribution is -0.115. The lowest BCUT2D eigenvalue weighted by Gasteiger charge is -2.07. The lowest BCUT2D eigenvalue weighted by atomic mass is 10.1. The van der Waals surface area contributed by atoms with Crippen LogP contribution in [0, 0.1) is 12.7 Å². The van der Waals surface area contributed by atoms with Crippen LogP contribution >= 0.6 is 11.3 Å². The molecule has 0 saturated heterocycles. The van der Waals surface area contributed by atoms with Crippen LogP contribution in [0.1, 0.15) is 38.1 Å². The highest BCUT2D eigenvalue weighted by Gasteiger charge is 2.27. The Bertz CT molecular complexity index is 1110. The first-order valence-electron chi connectivity index (χ1n) is 9.60. The number of ether oxygens (including phenoxy) is 1. The van der Waals surface area contributed by atoms with Gasteiger partial charge in [0.15, 0.2) is 0 Å². The predicted octanol–water partition coefficient (Wildman–Crippen LogP) is 4.81. The minimum Gasteiger partial charge on any atom is -0.462 e. The number of hydrogen-bond donors (Lipinski definition) is 2. The Kier molecular flexibility index (Phi) is 7.15. The molecule has 0 atom stereocenters. The summed E-state index contributed by atoms with van der Waals surface area (Å²) in [6.07, 6.45) is 0.108. The van der Waals surface area contributed by atoms with Gasteiger partial charge in [0.25, 0.3) is 5.91 Å². The number of benzene rings is 2. The average molecular weight is 440 g/mol. The summed E-state index contributed by atoms with van der Waals surface area (Å²) in [5.74, 6) is -2.14. The summed E-state index contributed by atoms with van der Waals surface area (Å²) in [5.41, 5.74) is 1.30. The molecule has 2 aromatic carbocycles. The Morgan fingerprint density at radius 2 is 1.68 bits per heavy atom. The number of thiophene rings is 1. The molecule has 6 nitrogen and oxygen atoms in total. The molecule has 3 aromatic rings. The maximum Gasteiger partial charge on any atom is 0.341 e. The zero-order chi connectivity index (χ0) is 22.4. The van der Waals surface area contributed by atoms with Crippen LogP contribution in [0.25, 0.3) is 0 Å². The Morgan fingerprint density at radius 3 is 2.35 bits per heavy atom. The van der Waals surface area contributed by atoms with Crippen LogP contribution in [-0.4, -0.2) is 24.4 Å². The average Bonchev–Trinajstić information content (AvgIpc) is 3.06. The van der Waals surface area contributed by atoms with E-state index < -0.39 is 17.7 Å². The second kappa shape index (κ2) is 9.99. The van der Waals surface area contributed by atoms with Gasteiger partial charge in [0.05, 0.1) is 29.2 Å². The molecular weight excluding hydrogens is 419 g/mol. The van der Waals surface area contributed by atoms with E-state index in [2.05, 4.69) is 10.6 Å². The standard InChI is InChI=1S/C23H21FN2O4S/c1-3-30-23(29)19-14(2)20(21(28)25-17-12-8-7-11-16(17)24)31-22(19)26-18(27)13-15-9-5-4-6-10-15/h4-12H,3,13H2,1-2H3,(H,25,28)(H,26,27). The van der Waals surface area contributed by atoms with Gasteiger partial charge in [-0.1, -0.05) is 42.5 Å². The van der Waals surface area contributed by atoms with Crippen molar-refractivity contribution in [1.29, 1.82) is 0 Å². The van der Waals surface area contributed by atoms with Crippen molar-refractivity contribution in [1.82, 2.24) is 0 Å². The highest BCUT2D eigenvalue weighted by molar-refractivity contribution is 7.18. The normalized spacial score (nSPS) is 10.4. The van der Waals surface area contributed by atoms with E-state index >= 15 is 0 Å². The number of halogens is 1. The number of carbonyl (C=O) groups is 3. The van der Waals surface area contributed by atoms with E-state index in [9.17, 15) is 18.8 Å². The first kappa shape index (κ1) is 22.2. The van der Waals surface area contributed by atoms with Gasteiger partial charge < -0.3 is 15.4 Å². The van der Waals surface area contributed by atoms with Gasteiger partial charge in [-0.05, 0) is 37.1 Å².